The summed E-state index contributed by atoms with van der Waals surface area (Å²) in [5.74, 6) is -0.317. The Morgan fingerprint density at radius 3 is 2.74 bits per heavy atom. The zero-order valence-electron chi connectivity index (χ0n) is 11.4. The monoisotopic (exact) mass is 266 g/mol. The Bertz CT molecular complexity index is 502. The number of methoxy groups -OCH3 is 1. The summed E-state index contributed by atoms with van der Waals surface area (Å²) in [6, 6.07) is 3.90. The highest BCUT2D eigenvalue weighted by atomic mass is 19.1. The maximum atomic E-state index is 13.3. The van der Waals surface area contributed by atoms with Gasteiger partial charge in [0.25, 0.3) is 5.91 Å². The van der Waals surface area contributed by atoms with E-state index in [1.165, 1.54) is 25.3 Å². The topological polar surface area (TPSA) is 55.6 Å². The van der Waals surface area contributed by atoms with Crippen molar-refractivity contribution in [2.24, 2.45) is 5.73 Å². The molecular formula is C14H19FN2O2. The van der Waals surface area contributed by atoms with Gasteiger partial charge in [-0.2, -0.15) is 0 Å². The van der Waals surface area contributed by atoms with Crippen molar-refractivity contribution in [3.05, 3.63) is 29.6 Å². The van der Waals surface area contributed by atoms with Crippen molar-refractivity contribution in [2.45, 2.75) is 31.8 Å². The van der Waals surface area contributed by atoms with Crippen molar-refractivity contribution in [1.29, 1.82) is 0 Å². The molecule has 1 amide bonds. The van der Waals surface area contributed by atoms with E-state index in [4.69, 9.17) is 10.5 Å². The van der Waals surface area contributed by atoms with E-state index in [0.29, 0.717) is 12.3 Å². The molecule has 1 atom stereocenters. The van der Waals surface area contributed by atoms with Gasteiger partial charge >= 0.3 is 0 Å². The number of hydrogen-bond donors (Lipinski definition) is 1. The van der Waals surface area contributed by atoms with Crippen LogP contribution in [0.5, 0.6) is 5.75 Å². The van der Waals surface area contributed by atoms with Crippen LogP contribution >= 0.6 is 0 Å². The maximum absolute atomic E-state index is 13.3. The second-order valence-electron chi connectivity index (χ2n) is 5.54. The van der Waals surface area contributed by atoms with Gasteiger partial charge in [-0.15, -0.1) is 0 Å². The van der Waals surface area contributed by atoms with Crippen LogP contribution in [0.4, 0.5) is 4.39 Å². The predicted octanol–water partition coefficient (Wildman–Crippen LogP) is 1.79. The van der Waals surface area contributed by atoms with E-state index in [0.717, 1.165) is 6.42 Å². The Kier molecular flexibility index (Phi) is 3.49. The Hall–Kier alpha value is -1.62. The molecule has 0 aliphatic carbocycles. The molecule has 1 aliphatic rings. The summed E-state index contributed by atoms with van der Waals surface area (Å²) in [5.41, 5.74) is 5.83. The normalized spacial score (nSPS) is 21.5. The van der Waals surface area contributed by atoms with Gasteiger partial charge in [-0.05, 0) is 38.5 Å². The van der Waals surface area contributed by atoms with Crippen molar-refractivity contribution in [3.8, 4) is 5.75 Å². The SMILES string of the molecule is COc1ccc(F)cc1C(=O)N1CC(N)CC1(C)C. The summed E-state index contributed by atoms with van der Waals surface area (Å²) >= 11 is 0. The highest BCUT2D eigenvalue weighted by Gasteiger charge is 2.40. The standard InChI is InChI=1S/C14H19FN2O2/c1-14(2)7-10(16)8-17(14)13(18)11-6-9(15)4-5-12(11)19-3/h4-6,10H,7-8,16H2,1-3H3. The molecular weight excluding hydrogens is 247 g/mol. The van der Waals surface area contributed by atoms with E-state index in [-0.39, 0.29) is 23.1 Å². The van der Waals surface area contributed by atoms with Crippen LogP contribution < -0.4 is 10.5 Å². The van der Waals surface area contributed by atoms with Crippen LogP contribution in [0, 0.1) is 5.82 Å². The molecule has 1 aliphatic heterocycles. The van der Waals surface area contributed by atoms with E-state index in [9.17, 15) is 9.18 Å². The minimum atomic E-state index is -0.453. The molecule has 104 valence electrons. The van der Waals surface area contributed by atoms with E-state index >= 15 is 0 Å². The number of carbonyl (C=O) groups is 1. The molecule has 2 N–H and O–H groups in total. The van der Waals surface area contributed by atoms with Crippen LogP contribution in [0.3, 0.4) is 0 Å². The summed E-state index contributed by atoms with van der Waals surface area (Å²) < 4.78 is 18.5. The highest BCUT2D eigenvalue weighted by molar-refractivity contribution is 5.97. The van der Waals surface area contributed by atoms with Crippen LogP contribution in [-0.2, 0) is 0 Å². The summed E-state index contributed by atoms with van der Waals surface area (Å²) in [4.78, 5) is 14.3. The fourth-order valence-corrected chi connectivity index (χ4v) is 2.65. The molecule has 2 rings (SSSR count). The lowest BCUT2D eigenvalue weighted by atomic mass is 10.00. The van der Waals surface area contributed by atoms with Crippen LogP contribution in [-0.4, -0.2) is 36.0 Å². The molecule has 1 unspecified atom stereocenters. The van der Waals surface area contributed by atoms with Crippen molar-refractivity contribution in [1.82, 2.24) is 4.90 Å². The molecule has 0 saturated carbocycles. The van der Waals surface area contributed by atoms with Crippen LogP contribution in [0.25, 0.3) is 0 Å². The fraction of sp³-hybridized carbons (Fsp3) is 0.500. The molecule has 0 aromatic heterocycles. The van der Waals surface area contributed by atoms with Crippen molar-refractivity contribution in [3.63, 3.8) is 0 Å². The number of nitrogens with two attached hydrogens (primary N) is 1. The molecule has 19 heavy (non-hydrogen) atoms. The number of nitrogens with zero attached hydrogens (tertiary/aromatic N) is 1. The molecule has 0 bridgehead atoms. The van der Waals surface area contributed by atoms with Crippen molar-refractivity contribution < 1.29 is 13.9 Å². The third-order valence-corrected chi connectivity index (χ3v) is 3.55. The Balaban J connectivity index is 2.37. The van der Waals surface area contributed by atoms with Crippen molar-refractivity contribution >= 4 is 5.91 Å². The van der Waals surface area contributed by atoms with E-state index in [2.05, 4.69) is 0 Å². The number of benzene rings is 1. The third kappa shape index (κ3) is 2.56. The number of hydrogen-bond acceptors (Lipinski definition) is 3. The third-order valence-electron chi connectivity index (χ3n) is 3.55. The average Bonchev–Trinajstić information content (AvgIpc) is 2.61. The molecule has 1 fully saturated rings. The molecule has 1 heterocycles. The second kappa shape index (κ2) is 4.81. The maximum Gasteiger partial charge on any atom is 0.258 e. The van der Waals surface area contributed by atoms with Crippen LogP contribution in [0.15, 0.2) is 18.2 Å². The highest BCUT2D eigenvalue weighted by Crippen LogP contribution is 2.31. The molecule has 4 nitrogen and oxygen atoms in total. The minimum Gasteiger partial charge on any atom is -0.496 e. The molecule has 5 heteroatoms. The first kappa shape index (κ1) is 13.8. The first-order chi connectivity index (χ1) is 8.85. The lowest BCUT2D eigenvalue weighted by molar-refractivity contribution is 0.0647. The molecule has 1 aromatic rings. The van der Waals surface area contributed by atoms with Gasteiger partial charge in [-0.1, -0.05) is 0 Å². The van der Waals surface area contributed by atoms with E-state index < -0.39 is 5.82 Å². The van der Waals surface area contributed by atoms with E-state index in [1.54, 1.807) is 4.90 Å². The van der Waals surface area contributed by atoms with Gasteiger partial charge in [-0.25, -0.2) is 4.39 Å². The number of likely N-dealkylation sites (tertiary alicyclic amines) is 1. The molecule has 0 radical (unpaired) electrons. The zero-order valence-corrected chi connectivity index (χ0v) is 11.4. The van der Waals surface area contributed by atoms with Gasteiger partial charge in [0.05, 0.1) is 12.7 Å². The summed E-state index contributed by atoms with van der Waals surface area (Å²) in [5, 5.41) is 0. The van der Waals surface area contributed by atoms with Gasteiger partial charge < -0.3 is 15.4 Å². The quantitative estimate of drug-likeness (QED) is 0.887. The number of amides is 1. The second-order valence-corrected chi connectivity index (χ2v) is 5.54. The summed E-state index contributed by atoms with van der Waals surface area (Å²) in [6.45, 7) is 4.40. The number of rotatable bonds is 2. The van der Waals surface area contributed by atoms with Gasteiger partial charge in [0.1, 0.15) is 11.6 Å². The Labute approximate surface area is 112 Å². The Morgan fingerprint density at radius 2 is 2.21 bits per heavy atom. The minimum absolute atomic E-state index is 0.0431. The number of carbonyl (C=O) groups excluding carboxylic acids is 1. The molecule has 1 aromatic carbocycles. The van der Waals surface area contributed by atoms with E-state index in [1.807, 2.05) is 13.8 Å². The molecule has 0 spiro atoms. The number of halogens is 1. The lowest BCUT2D eigenvalue weighted by Crippen LogP contribution is -2.43. The smallest absolute Gasteiger partial charge is 0.258 e. The number of ether oxygens (including phenoxy) is 1. The van der Waals surface area contributed by atoms with Crippen LogP contribution in [0.2, 0.25) is 0 Å². The largest absolute Gasteiger partial charge is 0.496 e. The summed E-state index contributed by atoms with van der Waals surface area (Å²) in [7, 11) is 1.46. The Morgan fingerprint density at radius 1 is 1.53 bits per heavy atom. The predicted molar refractivity (Wildman–Crippen MR) is 70.7 cm³/mol. The van der Waals surface area contributed by atoms with Crippen LogP contribution in [0.1, 0.15) is 30.6 Å². The van der Waals surface area contributed by atoms with Gasteiger partial charge in [-0.3, -0.25) is 4.79 Å². The van der Waals surface area contributed by atoms with Gasteiger partial charge in [0.15, 0.2) is 0 Å². The zero-order chi connectivity index (χ0) is 14.2. The molecule has 1 saturated heterocycles. The summed E-state index contributed by atoms with van der Waals surface area (Å²) in [6.07, 6.45) is 0.733. The average molecular weight is 266 g/mol. The van der Waals surface area contributed by atoms with Crippen molar-refractivity contribution in [2.75, 3.05) is 13.7 Å². The fourth-order valence-electron chi connectivity index (χ4n) is 2.65. The van der Waals surface area contributed by atoms with Gasteiger partial charge in [0.2, 0.25) is 0 Å². The first-order valence-corrected chi connectivity index (χ1v) is 6.26. The van der Waals surface area contributed by atoms with Gasteiger partial charge in [0, 0.05) is 18.1 Å². The first-order valence-electron chi connectivity index (χ1n) is 6.26. The lowest BCUT2D eigenvalue weighted by Gasteiger charge is -2.31.